The van der Waals surface area contributed by atoms with Crippen LogP contribution in [0, 0.1) is 0 Å². The van der Waals surface area contributed by atoms with Crippen LogP contribution in [-0.2, 0) is 14.3 Å². The van der Waals surface area contributed by atoms with Crippen molar-refractivity contribution in [2.45, 2.75) is 38.4 Å². The molecular formula is C12H19F3N2O3. The molecule has 0 aromatic rings. The third-order valence-corrected chi connectivity index (χ3v) is 3.03. The maximum atomic E-state index is 12.4. The molecule has 116 valence electrons. The molecule has 1 fully saturated rings. The Labute approximate surface area is 115 Å². The highest BCUT2D eigenvalue weighted by Gasteiger charge is 2.47. The predicted octanol–water partition coefficient (Wildman–Crippen LogP) is 1.08. The highest BCUT2D eigenvalue weighted by molar-refractivity contribution is 5.90. The molecule has 1 aliphatic rings. The molecule has 2 amide bonds. The summed E-state index contributed by atoms with van der Waals surface area (Å²) in [6.07, 6.45) is -3.69. The summed E-state index contributed by atoms with van der Waals surface area (Å²) >= 11 is 0. The van der Waals surface area contributed by atoms with Gasteiger partial charge in [-0.15, -0.1) is 0 Å². The van der Waals surface area contributed by atoms with Gasteiger partial charge in [0.25, 0.3) is 0 Å². The summed E-state index contributed by atoms with van der Waals surface area (Å²) in [6.45, 7) is 3.19. The zero-order valence-electron chi connectivity index (χ0n) is 11.3. The molecule has 0 saturated carbocycles. The Morgan fingerprint density at radius 2 is 2.10 bits per heavy atom. The highest BCUT2D eigenvalue weighted by Crippen LogP contribution is 2.25. The van der Waals surface area contributed by atoms with Crippen molar-refractivity contribution in [1.29, 1.82) is 0 Å². The number of carbonyl (C=O) groups is 2. The molecule has 5 nitrogen and oxygen atoms in total. The van der Waals surface area contributed by atoms with Gasteiger partial charge in [-0.3, -0.25) is 9.59 Å². The number of hydrogen-bond acceptors (Lipinski definition) is 3. The zero-order chi connectivity index (χ0) is 15.2. The highest BCUT2D eigenvalue weighted by atomic mass is 19.4. The number of carbonyl (C=O) groups excluding carboxylic acids is 2. The Hall–Kier alpha value is -1.31. The van der Waals surface area contributed by atoms with Crippen molar-refractivity contribution < 1.29 is 27.5 Å². The predicted molar refractivity (Wildman–Crippen MR) is 64.9 cm³/mol. The van der Waals surface area contributed by atoms with E-state index < -0.39 is 24.0 Å². The smallest absolute Gasteiger partial charge is 0.382 e. The maximum absolute atomic E-state index is 12.4. The molecule has 1 saturated heterocycles. The van der Waals surface area contributed by atoms with E-state index in [0.29, 0.717) is 37.5 Å². The normalized spacial score (nSPS) is 19.2. The van der Waals surface area contributed by atoms with E-state index in [1.54, 1.807) is 0 Å². The van der Waals surface area contributed by atoms with Crippen LogP contribution >= 0.6 is 0 Å². The molecule has 1 rings (SSSR count). The van der Waals surface area contributed by atoms with E-state index in [0.717, 1.165) is 0 Å². The number of ether oxygens (including phenoxy) is 1. The number of rotatable bonds is 6. The van der Waals surface area contributed by atoms with Crippen molar-refractivity contribution in [2.75, 3.05) is 26.3 Å². The minimum atomic E-state index is -4.93. The lowest BCUT2D eigenvalue weighted by molar-refractivity contribution is -0.186. The molecule has 1 N–H and O–H groups in total. The van der Waals surface area contributed by atoms with E-state index in [1.807, 2.05) is 6.92 Å². The molecule has 1 heterocycles. The summed E-state index contributed by atoms with van der Waals surface area (Å²) in [7, 11) is 0. The van der Waals surface area contributed by atoms with Crippen molar-refractivity contribution in [2.24, 2.45) is 0 Å². The minimum Gasteiger partial charge on any atom is -0.382 e. The van der Waals surface area contributed by atoms with Crippen LogP contribution in [-0.4, -0.2) is 55.2 Å². The molecule has 0 bridgehead atoms. The van der Waals surface area contributed by atoms with Gasteiger partial charge in [0.2, 0.25) is 5.91 Å². The summed E-state index contributed by atoms with van der Waals surface area (Å²) in [5.74, 6) is -2.47. The summed E-state index contributed by atoms with van der Waals surface area (Å²) < 4.78 is 42.2. The van der Waals surface area contributed by atoms with Crippen molar-refractivity contribution in [1.82, 2.24) is 10.2 Å². The van der Waals surface area contributed by atoms with Gasteiger partial charge in [-0.25, -0.2) is 0 Å². The van der Waals surface area contributed by atoms with Crippen LogP contribution < -0.4 is 5.32 Å². The quantitative estimate of drug-likeness (QED) is 0.746. The standard InChI is InChI=1S/C12H19F3N2O3/c1-2-20-8-4-6-16-10(18)9-5-3-7-17(9)11(19)12(13,14)15/h9H,2-8H2,1H3,(H,16,18). The van der Waals surface area contributed by atoms with E-state index in [9.17, 15) is 22.8 Å². The third-order valence-electron chi connectivity index (χ3n) is 3.03. The average Bonchev–Trinajstić information content (AvgIpc) is 2.85. The third kappa shape index (κ3) is 4.66. The number of amides is 2. The van der Waals surface area contributed by atoms with Crippen LogP contribution in [0.5, 0.6) is 0 Å². The summed E-state index contributed by atoms with van der Waals surface area (Å²) in [5.41, 5.74) is 0. The van der Waals surface area contributed by atoms with Crippen LogP contribution in [0.4, 0.5) is 13.2 Å². The lowest BCUT2D eigenvalue weighted by Gasteiger charge is -2.24. The van der Waals surface area contributed by atoms with Crippen LogP contribution in [0.2, 0.25) is 0 Å². The van der Waals surface area contributed by atoms with Gasteiger partial charge in [0, 0.05) is 26.3 Å². The Bertz CT molecular complexity index is 347. The number of likely N-dealkylation sites (tertiary alicyclic amines) is 1. The Morgan fingerprint density at radius 1 is 1.40 bits per heavy atom. The monoisotopic (exact) mass is 296 g/mol. The largest absolute Gasteiger partial charge is 0.471 e. The Morgan fingerprint density at radius 3 is 2.70 bits per heavy atom. The van der Waals surface area contributed by atoms with Gasteiger partial charge in [-0.1, -0.05) is 0 Å². The van der Waals surface area contributed by atoms with Gasteiger partial charge < -0.3 is 15.0 Å². The molecule has 0 aliphatic carbocycles. The van der Waals surface area contributed by atoms with E-state index in [1.165, 1.54) is 0 Å². The summed E-state index contributed by atoms with van der Waals surface area (Å²) in [4.78, 5) is 23.6. The van der Waals surface area contributed by atoms with Crippen LogP contribution in [0.1, 0.15) is 26.2 Å². The second-order valence-electron chi connectivity index (χ2n) is 4.50. The zero-order valence-corrected chi connectivity index (χ0v) is 11.3. The first kappa shape index (κ1) is 16.7. The molecule has 0 aromatic carbocycles. The van der Waals surface area contributed by atoms with Crippen LogP contribution in [0.25, 0.3) is 0 Å². The Kier molecular flexibility index (Phi) is 6.25. The maximum Gasteiger partial charge on any atom is 0.471 e. The lowest BCUT2D eigenvalue weighted by Crippen LogP contribution is -2.50. The molecular weight excluding hydrogens is 277 g/mol. The van der Waals surface area contributed by atoms with Gasteiger partial charge >= 0.3 is 12.1 Å². The molecule has 0 radical (unpaired) electrons. The molecule has 8 heteroatoms. The van der Waals surface area contributed by atoms with Gasteiger partial charge in [-0.05, 0) is 26.2 Å². The fourth-order valence-corrected chi connectivity index (χ4v) is 2.09. The van der Waals surface area contributed by atoms with Crippen molar-refractivity contribution in [3.05, 3.63) is 0 Å². The summed E-state index contributed by atoms with van der Waals surface area (Å²) in [6, 6.07) is -1.02. The number of nitrogens with zero attached hydrogens (tertiary/aromatic N) is 1. The van der Waals surface area contributed by atoms with E-state index >= 15 is 0 Å². The minimum absolute atomic E-state index is 0.0324. The van der Waals surface area contributed by atoms with E-state index in [-0.39, 0.29) is 13.0 Å². The van der Waals surface area contributed by atoms with E-state index in [4.69, 9.17) is 4.74 Å². The average molecular weight is 296 g/mol. The molecule has 0 aromatic heterocycles. The Balaban J connectivity index is 2.44. The molecule has 20 heavy (non-hydrogen) atoms. The number of nitrogens with one attached hydrogen (secondary N) is 1. The first-order valence-electron chi connectivity index (χ1n) is 6.61. The van der Waals surface area contributed by atoms with E-state index in [2.05, 4.69) is 5.32 Å². The fraction of sp³-hybridized carbons (Fsp3) is 0.833. The van der Waals surface area contributed by atoms with Gasteiger partial charge in [0.05, 0.1) is 0 Å². The second kappa shape index (κ2) is 7.47. The molecule has 1 atom stereocenters. The van der Waals surface area contributed by atoms with Gasteiger partial charge in [0.15, 0.2) is 0 Å². The topological polar surface area (TPSA) is 58.6 Å². The fourth-order valence-electron chi connectivity index (χ4n) is 2.09. The lowest BCUT2D eigenvalue weighted by atomic mass is 10.2. The molecule has 1 aliphatic heterocycles. The number of hydrogen-bond donors (Lipinski definition) is 1. The number of alkyl halides is 3. The van der Waals surface area contributed by atoms with Crippen molar-refractivity contribution in [3.63, 3.8) is 0 Å². The first-order valence-corrected chi connectivity index (χ1v) is 6.61. The number of halogens is 3. The molecule has 1 unspecified atom stereocenters. The molecule has 0 spiro atoms. The van der Waals surface area contributed by atoms with Crippen LogP contribution in [0.3, 0.4) is 0 Å². The van der Waals surface area contributed by atoms with Gasteiger partial charge in [0.1, 0.15) is 6.04 Å². The first-order chi connectivity index (χ1) is 9.38. The second-order valence-corrected chi connectivity index (χ2v) is 4.50. The van der Waals surface area contributed by atoms with Crippen LogP contribution in [0.15, 0.2) is 0 Å². The SMILES string of the molecule is CCOCCCNC(=O)C1CCCN1C(=O)C(F)(F)F. The van der Waals surface area contributed by atoms with Crippen molar-refractivity contribution in [3.8, 4) is 0 Å². The summed E-state index contributed by atoms with van der Waals surface area (Å²) in [5, 5.41) is 2.54. The van der Waals surface area contributed by atoms with Gasteiger partial charge in [-0.2, -0.15) is 13.2 Å². The van der Waals surface area contributed by atoms with Crippen molar-refractivity contribution >= 4 is 11.8 Å².